The third kappa shape index (κ3) is 1.63. The largest absolute Gasteiger partial charge is 0.325 e. The molecule has 0 aliphatic heterocycles. The van der Waals surface area contributed by atoms with Crippen LogP contribution in [0.1, 0.15) is 5.69 Å². The maximum atomic E-state index is 5.64. The van der Waals surface area contributed by atoms with Gasteiger partial charge in [-0.1, -0.05) is 11.3 Å². The van der Waals surface area contributed by atoms with Crippen molar-refractivity contribution in [3.8, 4) is 11.4 Å². The molecule has 0 fully saturated rings. The molecule has 0 unspecified atom stereocenters. The highest BCUT2D eigenvalue weighted by molar-refractivity contribution is 5.57. The van der Waals surface area contributed by atoms with Gasteiger partial charge in [0.1, 0.15) is 11.4 Å². The molecule has 16 heavy (non-hydrogen) atoms. The van der Waals surface area contributed by atoms with Crippen LogP contribution in [0.5, 0.6) is 0 Å². The summed E-state index contributed by atoms with van der Waals surface area (Å²) in [5.74, 6) is 0. The monoisotopic (exact) mass is 218 g/mol. The minimum atomic E-state index is 0.359. The Morgan fingerprint density at radius 3 is 2.94 bits per heavy atom. The van der Waals surface area contributed by atoms with Crippen molar-refractivity contribution in [2.75, 3.05) is 0 Å². The van der Waals surface area contributed by atoms with Crippen molar-refractivity contribution >= 4 is 0 Å². The van der Waals surface area contributed by atoms with E-state index in [1.165, 1.54) is 0 Å². The highest BCUT2D eigenvalue weighted by Crippen LogP contribution is 2.20. The molecule has 0 saturated heterocycles. The molecule has 0 spiro atoms. The summed E-state index contributed by atoms with van der Waals surface area (Å²) < 4.78 is 3.55. The normalized spacial score (nSPS) is 10.6. The second kappa shape index (κ2) is 4.28. The average Bonchev–Trinajstić information content (AvgIpc) is 2.85. The second-order valence-electron chi connectivity index (χ2n) is 3.40. The molecule has 0 amide bonds. The SMILES string of the molecule is C=CCn1nnc(CN)c1-c1ccnn1C. The number of rotatable bonds is 4. The van der Waals surface area contributed by atoms with E-state index in [-0.39, 0.29) is 0 Å². The van der Waals surface area contributed by atoms with Gasteiger partial charge >= 0.3 is 0 Å². The van der Waals surface area contributed by atoms with E-state index in [2.05, 4.69) is 22.0 Å². The van der Waals surface area contributed by atoms with Crippen molar-refractivity contribution in [1.82, 2.24) is 24.8 Å². The molecule has 6 heteroatoms. The van der Waals surface area contributed by atoms with Gasteiger partial charge in [0.05, 0.1) is 12.2 Å². The predicted octanol–water partition coefficient (Wildman–Crippen LogP) is 0.323. The Morgan fingerprint density at radius 1 is 1.56 bits per heavy atom. The zero-order chi connectivity index (χ0) is 11.5. The lowest BCUT2D eigenvalue weighted by atomic mass is 10.2. The fraction of sp³-hybridized carbons (Fsp3) is 0.300. The van der Waals surface area contributed by atoms with E-state index in [0.29, 0.717) is 13.1 Å². The van der Waals surface area contributed by atoms with E-state index >= 15 is 0 Å². The van der Waals surface area contributed by atoms with Gasteiger partial charge in [0.25, 0.3) is 0 Å². The molecule has 0 aliphatic carbocycles. The van der Waals surface area contributed by atoms with Gasteiger partial charge in [-0.2, -0.15) is 5.10 Å². The highest BCUT2D eigenvalue weighted by atomic mass is 15.4. The molecule has 2 rings (SSSR count). The standard InChI is InChI=1S/C10H14N6/c1-3-6-16-10(8(7-11)13-14-16)9-4-5-12-15(9)2/h3-5H,1,6-7,11H2,2H3. The van der Waals surface area contributed by atoms with E-state index in [1.807, 2.05) is 13.1 Å². The van der Waals surface area contributed by atoms with Gasteiger partial charge in [0.2, 0.25) is 0 Å². The zero-order valence-electron chi connectivity index (χ0n) is 9.17. The summed E-state index contributed by atoms with van der Waals surface area (Å²) in [6.07, 6.45) is 3.51. The van der Waals surface area contributed by atoms with Crippen molar-refractivity contribution in [1.29, 1.82) is 0 Å². The van der Waals surface area contributed by atoms with E-state index in [4.69, 9.17) is 5.73 Å². The molecule has 2 aromatic rings. The van der Waals surface area contributed by atoms with Crippen LogP contribution < -0.4 is 5.73 Å². The molecule has 6 nitrogen and oxygen atoms in total. The first-order valence-electron chi connectivity index (χ1n) is 4.99. The number of aromatic nitrogens is 5. The molecular weight excluding hydrogens is 204 g/mol. The molecular formula is C10H14N6. The fourth-order valence-corrected chi connectivity index (χ4v) is 1.62. The van der Waals surface area contributed by atoms with Gasteiger partial charge < -0.3 is 5.73 Å². The van der Waals surface area contributed by atoms with Crippen LogP contribution in [0.25, 0.3) is 11.4 Å². The predicted molar refractivity (Wildman–Crippen MR) is 60.3 cm³/mol. The van der Waals surface area contributed by atoms with Gasteiger partial charge in [0.15, 0.2) is 0 Å². The van der Waals surface area contributed by atoms with Crippen LogP contribution in [0.15, 0.2) is 24.9 Å². The Kier molecular flexibility index (Phi) is 2.82. The Labute approximate surface area is 93.4 Å². The van der Waals surface area contributed by atoms with Crippen LogP contribution in [-0.4, -0.2) is 24.8 Å². The molecule has 2 heterocycles. The molecule has 0 radical (unpaired) electrons. The molecule has 0 saturated carbocycles. The smallest absolute Gasteiger partial charge is 0.111 e. The number of allylic oxidation sites excluding steroid dienone is 1. The minimum Gasteiger partial charge on any atom is -0.325 e. The molecule has 2 aromatic heterocycles. The van der Waals surface area contributed by atoms with Gasteiger partial charge in [-0.25, -0.2) is 4.68 Å². The number of hydrogen-bond donors (Lipinski definition) is 1. The van der Waals surface area contributed by atoms with Crippen LogP contribution in [0.4, 0.5) is 0 Å². The summed E-state index contributed by atoms with van der Waals surface area (Å²) in [6.45, 7) is 4.66. The third-order valence-corrected chi connectivity index (χ3v) is 2.36. The van der Waals surface area contributed by atoms with Crippen molar-refractivity contribution in [3.05, 3.63) is 30.6 Å². The van der Waals surface area contributed by atoms with Gasteiger partial charge in [-0.15, -0.1) is 11.7 Å². The lowest BCUT2D eigenvalue weighted by Crippen LogP contribution is -2.06. The number of hydrogen-bond acceptors (Lipinski definition) is 4. The second-order valence-corrected chi connectivity index (χ2v) is 3.40. The average molecular weight is 218 g/mol. The van der Waals surface area contributed by atoms with Gasteiger partial charge in [0, 0.05) is 19.8 Å². The van der Waals surface area contributed by atoms with Gasteiger partial charge in [-0.3, -0.25) is 4.68 Å². The first-order valence-corrected chi connectivity index (χ1v) is 4.99. The zero-order valence-corrected chi connectivity index (χ0v) is 9.17. The third-order valence-electron chi connectivity index (χ3n) is 2.36. The van der Waals surface area contributed by atoms with E-state index in [1.54, 1.807) is 21.6 Å². The Morgan fingerprint density at radius 2 is 2.38 bits per heavy atom. The summed E-state index contributed by atoms with van der Waals surface area (Å²) in [4.78, 5) is 0. The number of nitrogens with zero attached hydrogens (tertiary/aromatic N) is 5. The number of nitrogens with two attached hydrogens (primary N) is 1. The molecule has 0 aliphatic rings. The summed E-state index contributed by atoms with van der Waals surface area (Å²) in [7, 11) is 1.88. The molecule has 0 bridgehead atoms. The van der Waals surface area contributed by atoms with E-state index < -0.39 is 0 Å². The van der Waals surface area contributed by atoms with E-state index in [9.17, 15) is 0 Å². The van der Waals surface area contributed by atoms with Crippen LogP contribution in [0.3, 0.4) is 0 Å². The minimum absolute atomic E-state index is 0.359. The molecule has 0 atom stereocenters. The van der Waals surface area contributed by atoms with Crippen molar-refractivity contribution in [2.24, 2.45) is 12.8 Å². The fourth-order valence-electron chi connectivity index (χ4n) is 1.62. The molecule has 0 aromatic carbocycles. The summed E-state index contributed by atoms with van der Waals surface area (Å²) in [5.41, 5.74) is 8.27. The van der Waals surface area contributed by atoms with Gasteiger partial charge in [-0.05, 0) is 6.07 Å². The molecule has 2 N–H and O–H groups in total. The quantitative estimate of drug-likeness (QED) is 0.750. The lowest BCUT2D eigenvalue weighted by Gasteiger charge is -2.05. The molecule has 84 valence electrons. The highest BCUT2D eigenvalue weighted by Gasteiger charge is 2.15. The first kappa shape index (κ1) is 10.6. The Hall–Kier alpha value is -1.95. The van der Waals surface area contributed by atoms with Crippen LogP contribution in [0.2, 0.25) is 0 Å². The van der Waals surface area contributed by atoms with E-state index in [0.717, 1.165) is 17.1 Å². The maximum Gasteiger partial charge on any atom is 0.111 e. The van der Waals surface area contributed by atoms with Crippen molar-refractivity contribution in [2.45, 2.75) is 13.1 Å². The number of aryl methyl sites for hydroxylation is 1. The summed E-state index contributed by atoms with van der Waals surface area (Å²) in [6, 6.07) is 1.91. The van der Waals surface area contributed by atoms with Crippen molar-refractivity contribution < 1.29 is 0 Å². The lowest BCUT2D eigenvalue weighted by molar-refractivity contribution is 0.660. The van der Waals surface area contributed by atoms with Crippen LogP contribution >= 0.6 is 0 Å². The summed E-state index contributed by atoms with van der Waals surface area (Å²) in [5, 5.41) is 12.2. The first-order chi connectivity index (χ1) is 7.77. The topological polar surface area (TPSA) is 74.6 Å². The Bertz CT molecular complexity index is 495. The maximum absolute atomic E-state index is 5.64. The van der Waals surface area contributed by atoms with Crippen LogP contribution in [0, 0.1) is 0 Å². The van der Waals surface area contributed by atoms with Crippen molar-refractivity contribution in [3.63, 3.8) is 0 Å². The Balaban J connectivity index is 2.56. The van der Waals surface area contributed by atoms with Crippen LogP contribution in [-0.2, 0) is 20.1 Å². The summed E-state index contributed by atoms with van der Waals surface area (Å²) >= 11 is 0.